The van der Waals surface area contributed by atoms with Gasteiger partial charge in [-0.2, -0.15) is 0 Å². The minimum atomic E-state index is 0.238. The van der Waals surface area contributed by atoms with Crippen LogP contribution in [0.15, 0.2) is 29.8 Å². The maximum Gasteiger partial charge on any atom is 0.187 e. The highest BCUT2D eigenvalue weighted by molar-refractivity contribution is 7.98. The predicted octanol–water partition coefficient (Wildman–Crippen LogP) is 1.75. The number of fused-ring (bicyclic) bond motifs is 1. The Bertz CT molecular complexity index is 446. The van der Waals surface area contributed by atoms with Crippen molar-refractivity contribution in [2.75, 3.05) is 6.26 Å². The number of pyridine rings is 1. The summed E-state index contributed by atoms with van der Waals surface area (Å²) in [6.45, 7) is 0. The molecule has 0 radical (unpaired) electrons. The van der Waals surface area contributed by atoms with Crippen LogP contribution in [0.4, 0.5) is 0 Å². The lowest BCUT2D eigenvalue weighted by atomic mass is 10.3. The number of rotatable bonds is 1. The SMILES string of the molecule is [2H]c1nc(SC)nc2ccncc12. The topological polar surface area (TPSA) is 38.7 Å². The van der Waals surface area contributed by atoms with Gasteiger partial charge >= 0.3 is 0 Å². The average Bonchev–Trinajstić information content (AvgIpc) is 2.18. The summed E-state index contributed by atoms with van der Waals surface area (Å²) >= 11 is 1.44. The summed E-state index contributed by atoms with van der Waals surface area (Å²) in [5, 5.41) is 1.32. The van der Waals surface area contributed by atoms with Crippen molar-refractivity contribution in [3.05, 3.63) is 24.6 Å². The lowest BCUT2D eigenvalue weighted by molar-refractivity contribution is 1.00. The Balaban J connectivity index is 2.77. The van der Waals surface area contributed by atoms with Gasteiger partial charge in [-0.3, -0.25) is 4.98 Å². The third-order valence-corrected chi connectivity index (χ3v) is 2.02. The smallest absolute Gasteiger partial charge is 0.187 e. The highest BCUT2D eigenvalue weighted by atomic mass is 32.2. The molecule has 0 atom stereocenters. The molecule has 0 fully saturated rings. The van der Waals surface area contributed by atoms with Crippen LogP contribution in [0.25, 0.3) is 10.9 Å². The second kappa shape index (κ2) is 3.06. The molecule has 2 rings (SSSR count). The van der Waals surface area contributed by atoms with Crippen LogP contribution in [0.3, 0.4) is 0 Å². The monoisotopic (exact) mass is 178 g/mol. The lowest BCUT2D eigenvalue weighted by Crippen LogP contribution is -1.86. The molecule has 0 aromatic carbocycles. The number of thioether (sulfide) groups is 1. The zero-order valence-corrected chi connectivity index (χ0v) is 7.30. The van der Waals surface area contributed by atoms with Crippen LogP contribution < -0.4 is 0 Å². The van der Waals surface area contributed by atoms with Crippen LogP contribution in [0.5, 0.6) is 0 Å². The second-order valence-corrected chi connectivity index (χ2v) is 2.99. The quantitative estimate of drug-likeness (QED) is 0.492. The Morgan fingerprint density at radius 1 is 1.58 bits per heavy atom. The summed E-state index contributed by atoms with van der Waals surface area (Å²) in [6.07, 6.45) is 5.41. The van der Waals surface area contributed by atoms with Gasteiger partial charge in [-0.15, -0.1) is 0 Å². The number of hydrogen-bond donors (Lipinski definition) is 0. The largest absolute Gasteiger partial charge is 0.264 e. The molecule has 0 amide bonds. The van der Waals surface area contributed by atoms with E-state index >= 15 is 0 Å². The van der Waals surface area contributed by atoms with Gasteiger partial charge < -0.3 is 0 Å². The minimum Gasteiger partial charge on any atom is -0.264 e. The van der Waals surface area contributed by atoms with Crippen molar-refractivity contribution in [1.82, 2.24) is 15.0 Å². The fraction of sp³-hybridized carbons (Fsp3) is 0.125. The Hall–Kier alpha value is -1.16. The van der Waals surface area contributed by atoms with E-state index in [1.807, 2.05) is 6.26 Å². The molecule has 2 heterocycles. The van der Waals surface area contributed by atoms with Crippen molar-refractivity contribution in [3.8, 4) is 0 Å². The van der Waals surface area contributed by atoms with E-state index in [0.717, 1.165) is 5.52 Å². The van der Waals surface area contributed by atoms with Crippen molar-refractivity contribution in [2.45, 2.75) is 5.16 Å². The van der Waals surface area contributed by atoms with Crippen LogP contribution in [-0.2, 0) is 0 Å². The van der Waals surface area contributed by atoms with Gasteiger partial charge in [0.25, 0.3) is 0 Å². The maximum atomic E-state index is 7.60. The van der Waals surface area contributed by atoms with Crippen molar-refractivity contribution >= 4 is 22.7 Å². The molecule has 0 spiro atoms. The zero-order valence-electron chi connectivity index (χ0n) is 7.48. The summed E-state index contributed by atoms with van der Waals surface area (Å²) in [5.74, 6) is 0. The van der Waals surface area contributed by atoms with Gasteiger partial charge in [0.05, 0.1) is 6.89 Å². The summed E-state index contributed by atoms with van der Waals surface area (Å²) in [6, 6.07) is 1.79. The van der Waals surface area contributed by atoms with E-state index in [2.05, 4.69) is 15.0 Å². The van der Waals surface area contributed by atoms with Gasteiger partial charge in [0, 0.05) is 24.0 Å². The molecule has 0 bridgehead atoms. The fourth-order valence-electron chi connectivity index (χ4n) is 0.898. The van der Waals surface area contributed by atoms with Crippen molar-refractivity contribution in [2.24, 2.45) is 0 Å². The van der Waals surface area contributed by atoms with Crippen LogP contribution >= 0.6 is 11.8 Å². The molecule has 0 unspecified atom stereocenters. The third kappa shape index (κ3) is 1.25. The van der Waals surface area contributed by atoms with Crippen molar-refractivity contribution in [1.29, 1.82) is 0 Å². The average molecular weight is 178 g/mol. The molecule has 60 valence electrons. The van der Waals surface area contributed by atoms with Crippen LogP contribution in [0, 0.1) is 0 Å². The molecule has 2 aromatic rings. The Morgan fingerprint density at radius 3 is 3.33 bits per heavy atom. The molecule has 12 heavy (non-hydrogen) atoms. The molecule has 0 N–H and O–H groups in total. The van der Waals surface area contributed by atoms with Gasteiger partial charge in [0.15, 0.2) is 5.16 Å². The van der Waals surface area contributed by atoms with E-state index in [4.69, 9.17) is 1.37 Å². The normalized spacial score (nSPS) is 11.6. The summed E-state index contributed by atoms with van der Waals surface area (Å²) in [7, 11) is 0. The van der Waals surface area contributed by atoms with E-state index < -0.39 is 0 Å². The van der Waals surface area contributed by atoms with E-state index in [9.17, 15) is 0 Å². The van der Waals surface area contributed by atoms with Crippen LogP contribution in [0.2, 0.25) is 0 Å². The Morgan fingerprint density at radius 2 is 2.50 bits per heavy atom. The fourth-order valence-corrected chi connectivity index (χ4v) is 1.22. The molecule has 0 aliphatic carbocycles. The first-order valence-corrected chi connectivity index (χ1v) is 4.66. The predicted molar refractivity (Wildman–Crippen MR) is 49.1 cm³/mol. The van der Waals surface area contributed by atoms with E-state index in [1.165, 1.54) is 11.8 Å². The molecule has 2 aromatic heterocycles. The zero-order chi connectivity index (χ0) is 9.26. The highest BCUT2D eigenvalue weighted by Gasteiger charge is 1.96. The molecule has 0 aliphatic rings. The van der Waals surface area contributed by atoms with Gasteiger partial charge in [-0.1, -0.05) is 11.8 Å². The van der Waals surface area contributed by atoms with Crippen molar-refractivity contribution < 1.29 is 1.37 Å². The summed E-state index contributed by atoms with van der Waals surface area (Å²) < 4.78 is 7.60. The minimum absolute atomic E-state index is 0.238. The molecule has 4 heteroatoms. The molecular formula is C8H7N3S. The van der Waals surface area contributed by atoms with Gasteiger partial charge in [0.1, 0.15) is 0 Å². The molecular weight excluding hydrogens is 170 g/mol. The summed E-state index contributed by atoms with van der Waals surface area (Å²) in [5.41, 5.74) is 0.777. The van der Waals surface area contributed by atoms with Gasteiger partial charge in [0.2, 0.25) is 0 Å². The first kappa shape index (κ1) is 6.37. The maximum absolute atomic E-state index is 7.60. The highest BCUT2D eigenvalue weighted by Crippen LogP contribution is 2.13. The van der Waals surface area contributed by atoms with E-state index in [0.29, 0.717) is 10.5 Å². The number of nitrogens with zero attached hydrogens (tertiary/aromatic N) is 3. The standard InChI is InChI=1S/C8H7N3S/c1-12-8-10-5-6-4-9-3-2-7(6)11-8/h2-5H,1H3/i5D. The lowest BCUT2D eigenvalue weighted by Gasteiger charge is -1.96. The second-order valence-electron chi connectivity index (χ2n) is 2.21. The van der Waals surface area contributed by atoms with E-state index in [1.54, 1.807) is 18.5 Å². The molecule has 0 aliphatic heterocycles. The first-order chi connectivity index (χ1) is 6.31. The van der Waals surface area contributed by atoms with Crippen LogP contribution in [-0.4, -0.2) is 21.2 Å². The Labute approximate surface area is 75.7 Å². The van der Waals surface area contributed by atoms with Crippen molar-refractivity contribution in [3.63, 3.8) is 0 Å². The molecule has 0 saturated heterocycles. The van der Waals surface area contributed by atoms with Gasteiger partial charge in [-0.25, -0.2) is 9.97 Å². The number of aromatic nitrogens is 3. The summed E-state index contributed by atoms with van der Waals surface area (Å²) in [4.78, 5) is 12.2. The van der Waals surface area contributed by atoms with Crippen LogP contribution in [0.1, 0.15) is 1.37 Å². The first-order valence-electron chi connectivity index (χ1n) is 3.93. The Kier molecular flexibility index (Phi) is 1.63. The number of hydrogen-bond acceptors (Lipinski definition) is 4. The van der Waals surface area contributed by atoms with Gasteiger partial charge in [-0.05, 0) is 12.3 Å². The molecule has 0 saturated carbocycles. The third-order valence-electron chi connectivity index (χ3n) is 1.47. The van der Waals surface area contributed by atoms with E-state index in [-0.39, 0.29) is 6.17 Å². The molecule has 3 nitrogen and oxygen atoms in total.